The van der Waals surface area contributed by atoms with Crippen LogP contribution in [0, 0.1) is 0 Å². The minimum Gasteiger partial charge on any atom is -0.370 e. The van der Waals surface area contributed by atoms with Crippen LogP contribution in [-0.2, 0) is 0 Å². The Kier molecular flexibility index (Phi) is 3.43. The Morgan fingerprint density at radius 2 is 2.17 bits per heavy atom. The van der Waals surface area contributed by atoms with Gasteiger partial charge in [0.15, 0.2) is 0 Å². The fourth-order valence-corrected chi connectivity index (χ4v) is 2.37. The number of hydrogen-bond donors (Lipinski definition) is 2. The van der Waals surface area contributed by atoms with Crippen LogP contribution in [0.4, 0.5) is 5.82 Å². The first kappa shape index (κ1) is 11.5. The number of anilines is 1. The van der Waals surface area contributed by atoms with E-state index in [0.29, 0.717) is 0 Å². The lowest BCUT2D eigenvalue weighted by molar-refractivity contribution is 0.249. The second-order valence-corrected chi connectivity index (χ2v) is 4.58. The summed E-state index contributed by atoms with van der Waals surface area (Å²) in [6.07, 6.45) is 3.82. The largest absolute Gasteiger partial charge is 0.370 e. The van der Waals surface area contributed by atoms with E-state index in [-0.39, 0.29) is 0 Å². The molecule has 0 bridgehead atoms. The molecule has 0 amide bonds. The standard InChI is InChI=1S/C13H19N5/c1-2-12(18-11-7-16-13(18)3-1)15-6-10-17-8-4-14-5-9-17/h1-3,7,11,14-15H,4-6,8-10H2. The summed E-state index contributed by atoms with van der Waals surface area (Å²) in [4.78, 5) is 6.77. The summed E-state index contributed by atoms with van der Waals surface area (Å²) < 4.78 is 2.08. The third-order valence-corrected chi connectivity index (χ3v) is 3.37. The molecule has 1 fully saturated rings. The molecule has 0 spiro atoms. The van der Waals surface area contributed by atoms with E-state index in [1.54, 1.807) is 0 Å². The van der Waals surface area contributed by atoms with Crippen molar-refractivity contribution in [1.82, 2.24) is 19.6 Å². The van der Waals surface area contributed by atoms with Gasteiger partial charge < -0.3 is 10.6 Å². The molecule has 5 nitrogen and oxygen atoms in total. The van der Waals surface area contributed by atoms with Crippen molar-refractivity contribution >= 4 is 11.5 Å². The number of fused-ring (bicyclic) bond motifs is 1. The molecule has 3 rings (SSSR count). The minimum absolute atomic E-state index is 0.970. The van der Waals surface area contributed by atoms with Crippen molar-refractivity contribution < 1.29 is 0 Å². The molecule has 0 saturated carbocycles. The predicted octanol–water partition coefficient (Wildman–Crippen LogP) is 0.651. The molecule has 96 valence electrons. The second kappa shape index (κ2) is 5.37. The van der Waals surface area contributed by atoms with Crippen molar-refractivity contribution in [2.24, 2.45) is 0 Å². The van der Waals surface area contributed by atoms with Crippen molar-refractivity contribution in [3.8, 4) is 0 Å². The fourth-order valence-electron chi connectivity index (χ4n) is 2.37. The molecule has 2 aromatic heterocycles. The van der Waals surface area contributed by atoms with E-state index in [1.165, 1.54) is 0 Å². The zero-order valence-electron chi connectivity index (χ0n) is 10.5. The van der Waals surface area contributed by atoms with Gasteiger partial charge in [0.2, 0.25) is 0 Å². The Morgan fingerprint density at radius 3 is 3.06 bits per heavy atom. The van der Waals surface area contributed by atoms with Gasteiger partial charge in [0.05, 0.1) is 0 Å². The normalized spacial score (nSPS) is 17.1. The number of nitrogens with zero attached hydrogens (tertiary/aromatic N) is 3. The maximum absolute atomic E-state index is 4.28. The van der Waals surface area contributed by atoms with E-state index in [4.69, 9.17) is 0 Å². The summed E-state index contributed by atoms with van der Waals surface area (Å²) in [5.74, 6) is 1.11. The molecule has 1 aliphatic rings. The Labute approximate surface area is 107 Å². The van der Waals surface area contributed by atoms with Gasteiger partial charge >= 0.3 is 0 Å². The predicted molar refractivity (Wildman–Crippen MR) is 73.0 cm³/mol. The first-order valence-corrected chi connectivity index (χ1v) is 6.52. The molecule has 0 atom stereocenters. The van der Waals surface area contributed by atoms with E-state index in [1.807, 2.05) is 24.5 Å². The SMILES string of the molecule is c1cc(NCCN2CCNCC2)n2ccnc2c1. The van der Waals surface area contributed by atoms with Crippen LogP contribution in [0.5, 0.6) is 0 Å². The van der Waals surface area contributed by atoms with Crippen LogP contribution < -0.4 is 10.6 Å². The minimum atomic E-state index is 0.970. The van der Waals surface area contributed by atoms with E-state index in [0.717, 1.165) is 50.7 Å². The van der Waals surface area contributed by atoms with Crippen LogP contribution in [0.2, 0.25) is 0 Å². The molecule has 5 heteroatoms. The highest BCUT2D eigenvalue weighted by atomic mass is 15.2. The maximum atomic E-state index is 4.28. The summed E-state index contributed by atoms with van der Waals surface area (Å²) >= 11 is 0. The van der Waals surface area contributed by atoms with Gasteiger partial charge in [-0.15, -0.1) is 0 Å². The van der Waals surface area contributed by atoms with Gasteiger partial charge in [-0.25, -0.2) is 4.98 Å². The Hall–Kier alpha value is -1.59. The number of nitrogens with one attached hydrogen (secondary N) is 2. The van der Waals surface area contributed by atoms with Crippen molar-refractivity contribution in [3.05, 3.63) is 30.6 Å². The zero-order chi connectivity index (χ0) is 12.2. The molecule has 2 N–H and O–H groups in total. The summed E-state index contributed by atoms with van der Waals surface area (Å²) in [7, 11) is 0. The monoisotopic (exact) mass is 245 g/mol. The van der Waals surface area contributed by atoms with Gasteiger partial charge in [0.1, 0.15) is 11.5 Å². The lowest BCUT2D eigenvalue weighted by Crippen LogP contribution is -2.45. The quantitative estimate of drug-likeness (QED) is 0.830. The van der Waals surface area contributed by atoms with Crippen molar-refractivity contribution in [2.75, 3.05) is 44.6 Å². The van der Waals surface area contributed by atoms with Gasteiger partial charge in [-0.3, -0.25) is 9.30 Å². The molecule has 18 heavy (non-hydrogen) atoms. The Morgan fingerprint density at radius 1 is 1.28 bits per heavy atom. The molecule has 1 saturated heterocycles. The number of hydrogen-bond acceptors (Lipinski definition) is 4. The summed E-state index contributed by atoms with van der Waals surface area (Å²) in [6, 6.07) is 6.14. The third kappa shape index (κ3) is 2.47. The molecule has 0 aromatic carbocycles. The zero-order valence-corrected chi connectivity index (χ0v) is 10.5. The number of pyridine rings is 1. The molecule has 0 unspecified atom stereocenters. The smallest absolute Gasteiger partial charge is 0.138 e. The van der Waals surface area contributed by atoms with E-state index < -0.39 is 0 Å². The third-order valence-electron chi connectivity index (χ3n) is 3.37. The summed E-state index contributed by atoms with van der Waals surface area (Å²) in [5, 5.41) is 6.85. The van der Waals surface area contributed by atoms with E-state index in [2.05, 4.69) is 31.0 Å². The lowest BCUT2D eigenvalue weighted by atomic mass is 10.3. The number of aromatic nitrogens is 2. The molecule has 0 radical (unpaired) electrons. The first-order valence-electron chi connectivity index (χ1n) is 6.52. The van der Waals surface area contributed by atoms with Gasteiger partial charge in [0, 0.05) is 51.7 Å². The lowest BCUT2D eigenvalue weighted by Gasteiger charge is -2.27. The van der Waals surface area contributed by atoms with Crippen LogP contribution in [-0.4, -0.2) is 53.6 Å². The van der Waals surface area contributed by atoms with Crippen LogP contribution in [0.1, 0.15) is 0 Å². The highest BCUT2D eigenvalue weighted by Crippen LogP contribution is 2.10. The highest BCUT2D eigenvalue weighted by molar-refractivity contribution is 5.49. The average molecular weight is 245 g/mol. The first-order chi connectivity index (χ1) is 8.93. The number of imidazole rings is 1. The number of rotatable bonds is 4. The Bertz CT molecular complexity index is 501. The molecular weight excluding hydrogens is 226 g/mol. The van der Waals surface area contributed by atoms with Crippen LogP contribution in [0.25, 0.3) is 5.65 Å². The molecule has 1 aliphatic heterocycles. The van der Waals surface area contributed by atoms with Crippen molar-refractivity contribution in [1.29, 1.82) is 0 Å². The van der Waals surface area contributed by atoms with Crippen molar-refractivity contribution in [3.63, 3.8) is 0 Å². The van der Waals surface area contributed by atoms with Crippen LogP contribution in [0.3, 0.4) is 0 Å². The van der Waals surface area contributed by atoms with Crippen LogP contribution in [0.15, 0.2) is 30.6 Å². The highest BCUT2D eigenvalue weighted by Gasteiger charge is 2.08. The molecule has 2 aromatic rings. The molecule has 3 heterocycles. The van der Waals surface area contributed by atoms with Gasteiger partial charge in [-0.1, -0.05) is 6.07 Å². The maximum Gasteiger partial charge on any atom is 0.138 e. The number of piperazine rings is 1. The molecular formula is C13H19N5. The van der Waals surface area contributed by atoms with Crippen LogP contribution >= 0.6 is 0 Å². The second-order valence-electron chi connectivity index (χ2n) is 4.58. The van der Waals surface area contributed by atoms with Gasteiger partial charge in [-0.2, -0.15) is 0 Å². The van der Waals surface area contributed by atoms with E-state index >= 15 is 0 Å². The Balaban J connectivity index is 1.57. The molecule has 0 aliphatic carbocycles. The summed E-state index contributed by atoms with van der Waals surface area (Å²) in [5.41, 5.74) is 0.988. The van der Waals surface area contributed by atoms with Gasteiger partial charge in [0.25, 0.3) is 0 Å². The fraction of sp³-hybridized carbons (Fsp3) is 0.462. The van der Waals surface area contributed by atoms with Gasteiger partial charge in [-0.05, 0) is 12.1 Å². The summed E-state index contributed by atoms with van der Waals surface area (Å²) in [6.45, 7) is 6.58. The van der Waals surface area contributed by atoms with Crippen molar-refractivity contribution in [2.45, 2.75) is 0 Å². The van der Waals surface area contributed by atoms with E-state index in [9.17, 15) is 0 Å². The topological polar surface area (TPSA) is 44.6 Å². The average Bonchev–Trinajstić information content (AvgIpc) is 2.89.